The van der Waals surface area contributed by atoms with Crippen LogP contribution in [0.2, 0.25) is 0 Å². The predicted molar refractivity (Wildman–Crippen MR) is 70.0 cm³/mol. The van der Waals surface area contributed by atoms with Crippen molar-refractivity contribution >= 4 is 5.91 Å². The molecule has 1 aliphatic carbocycles. The van der Waals surface area contributed by atoms with Crippen LogP contribution in [0.4, 0.5) is 8.78 Å². The summed E-state index contributed by atoms with van der Waals surface area (Å²) in [5.74, 6) is -2.23. The van der Waals surface area contributed by atoms with Gasteiger partial charge < -0.3 is 5.32 Å². The molecule has 0 heterocycles. The highest BCUT2D eigenvalue weighted by molar-refractivity contribution is 5.95. The molecule has 104 valence electrons. The normalized spacial score (nSPS) is 21.4. The van der Waals surface area contributed by atoms with Gasteiger partial charge in [0.1, 0.15) is 17.2 Å². The highest BCUT2D eigenvalue weighted by atomic mass is 19.1. The lowest BCUT2D eigenvalue weighted by molar-refractivity contribution is 0.0927. The zero-order valence-electron chi connectivity index (χ0n) is 11.5. The SMILES string of the molecule is Cc1ccc(F)c(C(=O)NC2CCC(C)(C)C2)c1F. The molecule has 0 spiro atoms. The lowest BCUT2D eigenvalue weighted by Gasteiger charge is -2.18. The first-order valence-corrected chi connectivity index (χ1v) is 6.56. The number of aryl methyl sites for hydroxylation is 1. The third kappa shape index (κ3) is 2.94. The minimum absolute atomic E-state index is 0.00168. The Morgan fingerprint density at radius 2 is 2.05 bits per heavy atom. The Labute approximate surface area is 112 Å². The van der Waals surface area contributed by atoms with Crippen molar-refractivity contribution < 1.29 is 13.6 Å². The second-order valence-electron chi connectivity index (χ2n) is 6.13. The highest BCUT2D eigenvalue weighted by Crippen LogP contribution is 2.37. The Hall–Kier alpha value is -1.45. The number of hydrogen-bond donors (Lipinski definition) is 1. The van der Waals surface area contributed by atoms with Gasteiger partial charge in [-0.05, 0) is 43.2 Å². The molecule has 1 fully saturated rings. The molecule has 2 rings (SSSR count). The molecule has 2 nitrogen and oxygen atoms in total. The first-order valence-electron chi connectivity index (χ1n) is 6.56. The van der Waals surface area contributed by atoms with Crippen molar-refractivity contribution in [2.24, 2.45) is 5.41 Å². The zero-order chi connectivity index (χ0) is 14.2. The molecule has 1 aromatic rings. The summed E-state index contributed by atoms with van der Waals surface area (Å²) in [7, 11) is 0. The Balaban J connectivity index is 2.15. The number of rotatable bonds is 2. The van der Waals surface area contributed by atoms with Gasteiger partial charge in [-0.2, -0.15) is 0 Å². The highest BCUT2D eigenvalue weighted by Gasteiger charge is 2.32. The number of hydrogen-bond acceptors (Lipinski definition) is 1. The molecule has 1 unspecified atom stereocenters. The molecule has 1 atom stereocenters. The van der Waals surface area contributed by atoms with Gasteiger partial charge in [-0.15, -0.1) is 0 Å². The van der Waals surface area contributed by atoms with Gasteiger partial charge in [-0.25, -0.2) is 8.78 Å². The summed E-state index contributed by atoms with van der Waals surface area (Å²) >= 11 is 0. The second-order valence-corrected chi connectivity index (χ2v) is 6.13. The van der Waals surface area contributed by atoms with Gasteiger partial charge in [0.15, 0.2) is 0 Å². The molecule has 1 amide bonds. The Morgan fingerprint density at radius 3 is 2.63 bits per heavy atom. The fourth-order valence-electron chi connectivity index (χ4n) is 2.68. The number of benzene rings is 1. The summed E-state index contributed by atoms with van der Waals surface area (Å²) in [5, 5.41) is 2.74. The Kier molecular flexibility index (Phi) is 3.61. The van der Waals surface area contributed by atoms with E-state index in [1.807, 2.05) is 0 Å². The summed E-state index contributed by atoms with van der Waals surface area (Å²) in [6, 6.07) is 2.47. The maximum atomic E-state index is 13.8. The predicted octanol–water partition coefficient (Wildman–Crippen LogP) is 3.58. The monoisotopic (exact) mass is 267 g/mol. The van der Waals surface area contributed by atoms with Crippen molar-refractivity contribution in [2.45, 2.75) is 46.1 Å². The van der Waals surface area contributed by atoms with Crippen LogP contribution < -0.4 is 5.32 Å². The summed E-state index contributed by atoms with van der Waals surface area (Å²) in [6.07, 6.45) is 2.71. The molecule has 1 saturated carbocycles. The number of carbonyl (C=O) groups excluding carboxylic acids is 1. The molecule has 1 N–H and O–H groups in total. The van der Waals surface area contributed by atoms with E-state index in [0.29, 0.717) is 0 Å². The van der Waals surface area contributed by atoms with Crippen LogP contribution in [0, 0.1) is 24.0 Å². The van der Waals surface area contributed by atoms with E-state index in [4.69, 9.17) is 0 Å². The summed E-state index contributed by atoms with van der Waals surface area (Å²) in [6.45, 7) is 5.78. The van der Waals surface area contributed by atoms with Crippen LogP contribution in [0.5, 0.6) is 0 Å². The Morgan fingerprint density at radius 1 is 1.37 bits per heavy atom. The van der Waals surface area contributed by atoms with Gasteiger partial charge in [-0.1, -0.05) is 19.9 Å². The van der Waals surface area contributed by atoms with E-state index in [2.05, 4.69) is 19.2 Å². The molecular formula is C15H19F2NO. The number of halogens is 2. The zero-order valence-corrected chi connectivity index (χ0v) is 11.5. The van der Waals surface area contributed by atoms with Gasteiger partial charge in [0.05, 0.1) is 0 Å². The Bertz CT molecular complexity index is 511. The molecule has 4 heteroatoms. The summed E-state index contributed by atoms with van der Waals surface area (Å²) in [4.78, 5) is 12.0. The molecule has 0 radical (unpaired) electrons. The van der Waals surface area contributed by atoms with Crippen LogP contribution in [-0.2, 0) is 0 Å². The molecule has 0 aliphatic heterocycles. The van der Waals surface area contributed by atoms with E-state index in [1.165, 1.54) is 13.0 Å². The van der Waals surface area contributed by atoms with Crippen molar-refractivity contribution in [3.8, 4) is 0 Å². The first kappa shape index (κ1) is 14.0. The van der Waals surface area contributed by atoms with Gasteiger partial charge in [-0.3, -0.25) is 4.79 Å². The third-order valence-corrected chi connectivity index (χ3v) is 3.82. The average Bonchev–Trinajstić information content (AvgIpc) is 2.64. The lowest BCUT2D eigenvalue weighted by Crippen LogP contribution is -2.34. The van der Waals surface area contributed by atoms with Gasteiger partial charge in [0, 0.05) is 6.04 Å². The summed E-state index contributed by atoms with van der Waals surface area (Å²) in [5.41, 5.74) is -0.00948. The van der Waals surface area contributed by atoms with Crippen LogP contribution in [-0.4, -0.2) is 11.9 Å². The van der Waals surface area contributed by atoms with E-state index in [1.54, 1.807) is 0 Å². The fourth-order valence-corrected chi connectivity index (χ4v) is 2.68. The van der Waals surface area contributed by atoms with Gasteiger partial charge in [0.25, 0.3) is 5.91 Å². The van der Waals surface area contributed by atoms with Crippen molar-refractivity contribution in [2.75, 3.05) is 0 Å². The first-order chi connectivity index (χ1) is 8.80. The van der Waals surface area contributed by atoms with Crippen molar-refractivity contribution in [3.05, 3.63) is 34.9 Å². The van der Waals surface area contributed by atoms with Crippen LogP contribution in [0.25, 0.3) is 0 Å². The second kappa shape index (κ2) is 4.91. The molecule has 0 aromatic heterocycles. The average molecular weight is 267 g/mol. The minimum atomic E-state index is -0.808. The molecule has 0 bridgehead atoms. The van der Waals surface area contributed by atoms with Crippen molar-refractivity contribution in [1.82, 2.24) is 5.32 Å². The van der Waals surface area contributed by atoms with Gasteiger partial charge in [0.2, 0.25) is 0 Å². The van der Waals surface area contributed by atoms with Crippen LogP contribution in [0.1, 0.15) is 49.0 Å². The lowest BCUT2D eigenvalue weighted by atomic mass is 9.92. The van der Waals surface area contributed by atoms with E-state index in [9.17, 15) is 13.6 Å². The molecule has 19 heavy (non-hydrogen) atoms. The van der Waals surface area contributed by atoms with Crippen LogP contribution >= 0.6 is 0 Å². The number of carbonyl (C=O) groups is 1. The largest absolute Gasteiger partial charge is 0.349 e. The van der Waals surface area contributed by atoms with E-state index < -0.39 is 23.1 Å². The maximum Gasteiger partial charge on any atom is 0.257 e. The molecule has 0 saturated heterocycles. The minimum Gasteiger partial charge on any atom is -0.349 e. The van der Waals surface area contributed by atoms with E-state index >= 15 is 0 Å². The maximum absolute atomic E-state index is 13.8. The molecule has 1 aromatic carbocycles. The van der Waals surface area contributed by atoms with E-state index in [0.717, 1.165) is 25.3 Å². The molecule has 1 aliphatic rings. The fraction of sp³-hybridized carbons (Fsp3) is 0.533. The smallest absolute Gasteiger partial charge is 0.257 e. The van der Waals surface area contributed by atoms with Gasteiger partial charge >= 0.3 is 0 Å². The third-order valence-electron chi connectivity index (χ3n) is 3.82. The number of nitrogens with one attached hydrogen (secondary N) is 1. The standard InChI is InChI=1S/C15H19F2NO/c1-9-4-5-11(16)12(13(9)17)14(19)18-10-6-7-15(2,3)8-10/h4-5,10H,6-8H2,1-3H3,(H,18,19). The summed E-state index contributed by atoms with van der Waals surface area (Å²) < 4.78 is 27.4. The van der Waals surface area contributed by atoms with Crippen LogP contribution in [0.3, 0.4) is 0 Å². The van der Waals surface area contributed by atoms with Crippen LogP contribution in [0.15, 0.2) is 12.1 Å². The van der Waals surface area contributed by atoms with Crippen molar-refractivity contribution in [3.63, 3.8) is 0 Å². The van der Waals surface area contributed by atoms with E-state index in [-0.39, 0.29) is 17.0 Å². The molecular weight excluding hydrogens is 248 g/mol. The number of amides is 1. The quantitative estimate of drug-likeness (QED) is 0.871. The topological polar surface area (TPSA) is 29.1 Å². The van der Waals surface area contributed by atoms with Crippen molar-refractivity contribution in [1.29, 1.82) is 0 Å².